The third-order valence-corrected chi connectivity index (χ3v) is 5.60. The molecule has 0 saturated heterocycles. The van der Waals surface area contributed by atoms with E-state index in [4.69, 9.17) is 0 Å². The van der Waals surface area contributed by atoms with Crippen LogP contribution in [0, 0.1) is 17.8 Å². The van der Waals surface area contributed by atoms with Crippen molar-refractivity contribution in [3.05, 3.63) is 64.4 Å². The highest BCUT2D eigenvalue weighted by molar-refractivity contribution is 6.00. The molecule has 0 spiro atoms. The highest BCUT2D eigenvalue weighted by atomic mass is 16.4. The molecule has 0 amide bonds. The minimum Gasteiger partial charge on any atom is -0.508 e. The zero-order chi connectivity index (χ0) is 20.5. The zero-order valence-electron chi connectivity index (χ0n) is 15.4. The molecule has 148 valence electrons. The van der Waals surface area contributed by atoms with Gasteiger partial charge in [-0.2, -0.15) is 0 Å². The molecule has 1 saturated carbocycles. The fourth-order valence-corrected chi connectivity index (χ4v) is 4.16. The SMILES string of the molecule is O=C(c1ccc(O)cc1)C1CCC(Cn2nnc3ccccc3c2=O)C1C(=O)O. The molecule has 8 heteroatoms. The van der Waals surface area contributed by atoms with Crippen LogP contribution in [0.4, 0.5) is 0 Å². The Kier molecular flexibility index (Phi) is 4.84. The molecule has 29 heavy (non-hydrogen) atoms. The van der Waals surface area contributed by atoms with E-state index >= 15 is 0 Å². The van der Waals surface area contributed by atoms with Gasteiger partial charge in [-0.25, -0.2) is 4.68 Å². The van der Waals surface area contributed by atoms with Crippen molar-refractivity contribution >= 4 is 22.7 Å². The van der Waals surface area contributed by atoms with Crippen LogP contribution in [0.15, 0.2) is 53.3 Å². The molecule has 1 heterocycles. The van der Waals surface area contributed by atoms with Crippen molar-refractivity contribution in [2.45, 2.75) is 19.4 Å². The Bertz CT molecular complexity index is 1140. The van der Waals surface area contributed by atoms with Crippen LogP contribution in [0.1, 0.15) is 23.2 Å². The highest BCUT2D eigenvalue weighted by Crippen LogP contribution is 2.40. The summed E-state index contributed by atoms with van der Waals surface area (Å²) in [5.74, 6) is -3.31. The number of phenolic OH excluding ortho intramolecular Hbond substituents is 1. The first-order valence-corrected chi connectivity index (χ1v) is 9.34. The average Bonchev–Trinajstić information content (AvgIpc) is 3.14. The van der Waals surface area contributed by atoms with Gasteiger partial charge in [0.25, 0.3) is 5.56 Å². The first-order valence-electron chi connectivity index (χ1n) is 9.34. The molecule has 4 rings (SSSR count). The summed E-state index contributed by atoms with van der Waals surface area (Å²) in [6.07, 6.45) is 0.906. The summed E-state index contributed by atoms with van der Waals surface area (Å²) < 4.78 is 1.19. The Hall–Kier alpha value is -3.55. The fourth-order valence-electron chi connectivity index (χ4n) is 4.16. The van der Waals surface area contributed by atoms with Crippen LogP contribution in [0.5, 0.6) is 5.75 Å². The second-order valence-corrected chi connectivity index (χ2v) is 7.31. The number of rotatable bonds is 5. The Labute approximate surface area is 165 Å². The number of carboxylic acid groups (broad SMARTS) is 1. The molecule has 2 aromatic carbocycles. The van der Waals surface area contributed by atoms with Crippen molar-refractivity contribution < 1.29 is 19.8 Å². The van der Waals surface area contributed by atoms with Crippen LogP contribution >= 0.6 is 0 Å². The van der Waals surface area contributed by atoms with Gasteiger partial charge in [0.15, 0.2) is 5.78 Å². The van der Waals surface area contributed by atoms with E-state index in [-0.39, 0.29) is 23.6 Å². The second kappa shape index (κ2) is 7.46. The minimum atomic E-state index is -1.06. The molecule has 1 aromatic heterocycles. The van der Waals surface area contributed by atoms with Crippen LogP contribution in [0.2, 0.25) is 0 Å². The van der Waals surface area contributed by atoms with Crippen molar-refractivity contribution in [2.24, 2.45) is 17.8 Å². The molecule has 3 aromatic rings. The lowest BCUT2D eigenvalue weighted by molar-refractivity contribution is -0.144. The number of benzene rings is 2. The number of Topliss-reactive ketones (excluding diaryl/α,β-unsaturated/α-hetero) is 1. The first kappa shape index (κ1) is 18.8. The smallest absolute Gasteiger partial charge is 0.307 e. The Balaban J connectivity index is 1.61. The summed E-state index contributed by atoms with van der Waals surface area (Å²) in [7, 11) is 0. The van der Waals surface area contributed by atoms with E-state index in [1.807, 2.05) is 0 Å². The van der Waals surface area contributed by atoms with Crippen molar-refractivity contribution in [2.75, 3.05) is 0 Å². The van der Waals surface area contributed by atoms with Crippen molar-refractivity contribution in [1.82, 2.24) is 15.0 Å². The van der Waals surface area contributed by atoms with E-state index in [9.17, 15) is 24.6 Å². The number of fused-ring (bicyclic) bond motifs is 1. The van der Waals surface area contributed by atoms with E-state index in [1.54, 1.807) is 24.3 Å². The number of carbonyl (C=O) groups is 2. The molecule has 0 aliphatic heterocycles. The molecule has 2 N–H and O–H groups in total. The maximum atomic E-state index is 12.9. The van der Waals surface area contributed by atoms with Crippen molar-refractivity contribution in [3.8, 4) is 5.75 Å². The predicted octanol–water partition coefficient (Wildman–Crippen LogP) is 2.11. The predicted molar refractivity (Wildman–Crippen MR) is 104 cm³/mol. The second-order valence-electron chi connectivity index (χ2n) is 7.31. The summed E-state index contributed by atoms with van der Waals surface area (Å²) in [5, 5.41) is 27.6. The molecule has 0 bridgehead atoms. The van der Waals surface area contributed by atoms with Crippen LogP contribution in [-0.2, 0) is 11.3 Å². The van der Waals surface area contributed by atoms with Crippen molar-refractivity contribution in [3.63, 3.8) is 0 Å². The molecule has 3 unspecified atom stereocenters. The van der Waals surface area contributed by atoms with Gasteiger partial charge in [-0.3, -0.25) is 14.4 Å². The third-order valence-electron chi connectivity index (χ3n) is 5.60. The van der Waals surface area contributed by atoms with Gasteiger partial charge in [0.1, 0.15) is 11.3 Å². The number of nitrogens with zero attached hydrogens (tertiary/aromatic N) is 3. The van der Waals surface area contributed by atoms with Gasteiger partial charge in [-0.15, -0.1) is 5.10 Å². The van der Waals surface area contributed by atoms with Crippen LogP contribution in [0.3, 0.4) is 0 Å². The standard InChI is InChI=1S/C21H19N3O5/c25-14-8-5-12(6-9-14)19(26)16-10-7-13(18(16)21(28)29)11-24-20(27)15-3-1-2-4-17(15)22-23-24/h1-6,8-9,13,16,18,25H,7,10-11H2,(H,28,29). The lowest BCUT2D eigenvalue weighted by atomic mass is 9.84. The number of carbonyl (C=O) groups excluding carboxylic acids is 1. The topological polar surface area (TPSA) is 122 Å². The minimum absolute atomic E-state index is 0.0369. The van der Waals surface area contributed by atoms with Crippen molar-refractivity contribution in [1.29, 1.82) is 0 Å². The molecular weight excluding hydrogens is 374 g/mol. The van der Waals surface area contributed by atoms with Crippen LogP contribution < -0.4 is 5.56 Å². The largest absolute Gasteiger partial charge is 0.508 e. The van der Waals surface area contributed by atoms with Gasteiger partial charge < -0.3 is 10.2 Å². The number of aliphatic carboxylic acids is 1. The Morgan fingerprint density at radius 1 is 1.07 bits per heavy atom. The normalized spacial score (nSPS) is 21.3. The summed E-state index contributed by atoms with van der Waals surface area (Å²) in [4.78, 5) is 37.5. The van der Waals surface area contributed by atoms with Gasteiger partial charge in [0.05, 0.1) is 17.8 Å². The number of hydrogen-bond donors (Lipinski definition) is 2. The quantitative estimate of drug-likeness (QED) is 0.637. The summed E-state index contributed by atoms with van der Waals surface area (Å²) >= 11 is 0. The maximum absolute atomic E-state index is 12.9. The first-order chi connectivity index (χ1) is 14.0. The molecule has 0 radical (unpaired) electrons. The number of aromatic hydroxyl groups is 1. The van der Waals surface area contributed by atoms with E-state index < -0.39 is 23.7 Å². The lowest BCUT2D eigenvalue weighted by Gasteiger charge is -2.20. The average molecular weight is 393 g/mol. The number of ketones is 1. The molecule has 1 aliphatic rings. The van der Waals surface area contributed by atoms with Gasteiger partial charge in [-0.05, 0) is 55.2 Å². The van der Waals surface area contributed by atoms with Gasteiger partial charge in [-0.1, -0.05) is 17.3 Å². The van der Waals surface area contributed by atoms with E-state index in [2.05, 4.69) is 10.3 Å². The van der Waals surface area contributed by atoms with Gasteiger partial charge in [0.2, 0.25) is 0 Å². The molecular formula is C21H19N3O5. The number of aromatic nitrogens is 3. The van der Waals surface area contributed by atoms with Gasteiger partial charge in [0, 0.05) is 11.5 Å². The molecule has 1 aliphatic carbocycles. The Morgan fingerprint density at radius 2 is 1.79 bits per heavy atom. The Morgan fingerprint density at radius 3 is 2.52 bits per heavy atom. The fraction of sp³-hybridized carbons (Fsp3) is 0.286. The number of carboxylic acids is 1. The van der Waals surface area contributed by atoms with E-state index in [0.29, 0.717) is 29.3 Å². The maximum Gasteiger partial charge on any atom is 0.307 e. The molecule has 8 nitrogen and oxygen atoms in total. The number of phenols is 1. The highest BCUT2D eigenvalue weighted by Gasteiger charge is 2.45. The van der Waals surface area contributed by atoms with Gasteiger partial charge >= 0.3 is 5.97 Å². The van der Waals surface area contributed by atoms with E-state index in [0.717, 1.165) is 0 Å². The molecule has 3 atom stereocenters. The van der Waals surface area contributed by atoms with Crippen LogP contribution in [0.25, 0.3) is 10.9 Å². The van der Waals surface area contributed by atoms with E-state index in [1.165, 1.54) is 28.9 Å². The monoisotopic (exact) mass is 393 g/mol. The number of hydrogen-bond acceptors (Lipinski definition) is 6. The lowest BCUT2D eigenvalue weighted by Crippen LogP contribution is -2.34. The summed E-state index contributed by atoms with van der Waals surface area (Å²) in [5.41, 5.74) is 0.519. The third kappa shape index (κ3) is 3.49. The summed E-state index contributed by atoms with van der Waals surface area (Å²) in [6.45, 7) is 0.0903. The van der Waals surface area contributed by atoms with Crippen LogP contribution in [-0.4, -0.2) is 37.0 Å². The molecule has 1 fully saturated rings. The summed E-state index contributed by atoms with van der Waals surface area (Å²) in [6, 6.07) is 12.6. The zero-order valence-corrected chi connectivity index (χ0v) is 15.4.